The van der Waals surface area contributed by atoms with E-state index >= 15 is 0 Å². The van der Waals surface area contributed by atoms with Crippen LogP contribution in [0.1, 0.15) is 27.0 Å². The van der Waals surface area contributed by atoms with Gasteiger partial charge in [-0.15, -0.1) is 11.3 Å². The van der Waals surface area contributed by atoms with E-state index < -0.39 is 0 Å². The fourth-order valence-electron chi connectivity index (χ4n) is 1.68. The monoisotopic (exact) mass is 372 g/mol. The van der Waals surface area contributed by atoms with Crippen molar-refractivity contribution in [1.29, 1.82) is 0 Å². The van der Waals surface area contributed by atoms with Crippen molar-refractivity contribution in [2.24, 2.45) is 0 Å². The zero-order valence-electron chi connectivity index (χ0n) is 10.2. The van der Waals surface area contributed by atoms with Gasteiger partial charge in [0.2, 0.25) is 5.78 Å². The van der Waals surface area contributed by atoms with Crippen LogP contribution in [0.3, 0.4) is 0 Å². The van der Waals surface area contributed by atoms with Gasteiger partial charge in [-0.2, -0.15) is 0 Å². The largest absolute Gasteiger partial charge is 0.496 e. The molecule has 1 aromatic carbocycles. The van der Waals surface area contributed by atoms with Crippen molar-refractivity contribution in [3.63, 3.8) is 0 Å². The Bertz CT molecular complexity index is 575. The Morgan fingerprint density at radius 3 is 2.72 bits per heavy atom. The minimum absolute atomic E-state index is 0.0371. The number of hydrogen-bond donors (Lipinski definition) is 0. The summed E-state index contributed by atoms with van der Waals surface area (Å²) in [6.07, 6.45) is 0.960. The molecule has 4 heteroatoms. The molecule has 2 rings (SSSR count). The van der Waals surface area contributed by atoms with E-state index in [-0.39, 0.29) is 5.78 Å². The van der Waals surface area contributed by atoms with E-state index in [0.29, 0.717) is 11.3 Å². The molecule has 0 aliphatic carbocycles. The lowest BCUT2D eigenvalue weighted by atomic mass is 10.1. The quantitative estimate of drug-likeness (QED) is 0.595. The maximum Gasteiger partial charge on any atom is 0.206 e. The first-order chi connectivity index (χ1) is 8.65. The first kappa shape index (κ1) is 13.5. The molecule has 0 N–H and O–H groups in total. The molecule has 0 aliphatic heterocycles. The van der Waals surface area contributed by atoms with E-state index in [2.05, 4.69) is 29.5 Å². The van der Waals surface area contributed by atoms with E-state index in [1.165, 1.54) is 4.88 Å². The van der Waals surface area contributed by atoms with E-state index in [1.807, 2.05) is 30.3 Å². The Morgan fingerprint density at radius 1 is 1.33 bits per heavy atom. The molecule has 0 atom stereocenters. The fourth-order valence-corrected chi connectivity index (χ4v) is 3.07. The number of halogens is 1. The van der Waals surface area contributed by atoms with Crippen LogP contribution in [0.5, 0.6) is 5.75 Å². The van der Waals surface area contributed by atoms with Gasteiger partial charge in [-0.3, -0.25) is 4.79 Å². The Morgan fingerprint density at radius 2 is 2.11 bits per heavy atom. The molecule has 0 fully saturated rings. The predicted molar refractivity (Wildman–Crippen MR) is 82.8 cm³/mol. The zero-order valence-corrected chi connectivity index (χ0v) is 13.2. The molecule has 0 saturated heterocycles. The van der Waals surface area contributed by atoms with Gasteiger partial charge in [0.05, 0.1) is 17.6 Å². The number of methoxy groups -OCH3 is 1. The van der Waals surface area contributed by atoms with Crippen molar-refractivity contribution in [1.82, 2.24) is 0 Å². The topological polar surface area (TPSA) is 26.3 Å². The SMILES string of the molecule is CCc1ccc(C(=O)c2cc(I)ccc2OC)s1. The van der Waals surface area contributed by atoms with Crippen LogP contribution in [0.4, 0.5) is 0 Å². The molecule has 1 aromatic heterocycles. The lowest BCUT2D eigenvalue weighted by Gasteiger charge is -2.06. The highest BCUT2D eigenvalue weighted by molar-refractivity contribution is 14.1. The molecule has 1 heterocycles. The first-order valence-electron chi connectivity index (χ1n) is 5.62. The summed E-state index contributed by atoms with van der Waals surface area (Å²) in [5.74, 6) is 0.668. The number of thiophene rings is 1. The summed E-state index contributed by atoms with van der Waals surface area (Å²) in [6.45, 7) is 2.09. The lowest BCUT2D eigenvalue weighted by Crippen LogP contribution is -2.02. The second kappa shape index (κ2) is 5.84. The van der Waals surface area contributed by atoms with Crippen LogP contribution < -0.4 is 4.74 Å². The Balaban J connectivity index is 2.41. The normalized spacial score (nSPS) is 10.4. The predicted octanol–water partition coefficient (Wildman–Crippen LogP) is 4.15. The summed E-state index contributed by atoms with van der Waals surface area (Å²) < 4.78 is 6.29. The maximum absolute atomic E-state index is 12.4. The lowest BCUT2D eigenvalue weighted by molar-refractivity contribution is 0.103. The molecule has 0 bridgehead atoms. The maximum atomic E-state index is 12.4. The fraction of sp³-hybridized carbons (Fsp3) is 0.214. The van der Waals surface area contributed by atoms with Gasteiger partial charge in [-0.1, -0.05) is 6.92 Å². The van der Waals surface area contributed by atoms with Crippen molar-refractivity contribution in [2.75, 3.05) is 7.11 Å². The highest BCUT2D eigenvalue weighted by Crippen LogP contribution is 2.27. The number of ether oxygens (including phenoxy) is 1. The summed E-state index contributed by atoms with van der Waals surface area (Å²) >= 11 is 3.75. The number of carbonyl (C=O) groups excluding carboxylic acids is 1. The average molecular weight is 372 g/mol. The van der Waals surface area contributed by atoms with Crippen LogP contribution in [-0.2, 0) is 6.42 Å². The van der Waals surface area contributed by atoms with Gasteiger partial charge < -0.3 is 4.74 Å². The van der Waals surface area contributed by atoms with Gasteiger partial charge in [0.1, 0.15) is 5.75 Å². The highest BCUT2D eigenvalue weighted by Gasteiger charge is 2.16. The highest BCUT2D eigenvalue weighted by atomic mass is 127. The molecule has 2 aromatic rings. The van der Waals surface area contributed by atoms with Crippen molar-refractivity contribution < 1.29 is 9.53 Å². The molecule has 94 valence electrons. The van der Waals surface area contributed by atoms with Gasteiger partial charge in [0.15, 0.2) is 0 Å². The van der Waals surface area contributed by atoms with E-state index in [1.54, 1.807) is 18.4 Å². The number of carbonyl (C=O) groups is 1. The van der Waals surface area contributed by atoms with Gasteiger partial charge in [0, 0.05) is 8.45 Å². The second-order valence-corrected chi connectivity index (χ2v) is 6.21. The number of aryl methyl sites for hydroxylation is 1. The van der Waals surface area contributed by atoms with Crippen LogP contribution in [-0.4, -0.2) is 12.9 Å². The number of benzene rings is 1. The molecule has 0 aliphatic rings. The molecule has 18 heavy (non-hydrogen) atoms. The van der Waals surface area contributed by atoms with Crippen LogP contribution in [0.2, 0.25) is 0 Å². The van der Waals surface area contributed by atoms with Crippen LogP contribution in [0.15, 0.2) is 30.3 Å². The summed E-state index contributed by atoms with van der Waals surface area (Å²) in [7, 11) is 1.59. The van der Waals surface area contributed by atoms with Crippen molar-refractivity contribution >= 4 is 39.7 Å². The third-order valence-corrected chi connectivity index (χ3v) is 4.54. The van der Waals surface area contributed by atoms with Crippen LogP contribution in [0, 0.1) is 3.57 Å². The molecular weight excluding hydrogens is 359 g/mol. The van der Waals surface area contributed by atoms with Crippen molar-refractivity contribution in [2.45, 2.75) is 13.3 Å². The van der Waals surface area contributed by atoms with E-state index in [9.17, 15) is 4.79 Å². The van der Waals surface area contributed by atoms with Crippen LogP contribution >= 0.6 is 33.9 Å². The van der Waals surface area contributed by atoms with Crippen molar-refractivity contribution in [3.05, 3.63) is 49.2 Å². The smallest absolute Gasteiger partial charge is 0.206 e. The van der Waals surface area contributed by atoms with Crippen molar-refractivity contribution in [3.8, 4) is 5.75 Å². The Hall–Kier alpha value is -0.880. The molecule has 2 nitrogen and oxygen atoms in total. The van der Waals surface area contributed by atoms with Gasteiger partial charge >= 0.3 is 0 Å². The summed E-state index contributed by atoms with van der Waals surface area (Å²) in [5, 5.41) is 0. The minimum atomic E-state index is 0.0371. The number of hydrogen-bond acceptors (Lipinski definition) is 3. The standard InChI is InChI=1S/C14H13IO2S/c1-3-10-5-7-13(18-10)14(16)11-8-9(15)4-6-12(11)17-2/h4-8H,3H2,1-2H3. The zero-order chi connectivity index (χ0) is 13.1. The molecule has 0 radical (unpaired) electrons. The average Bonchev–Trinajstić information content (AvgIpc) is 2.86. The third-order valence-electron chi connectivity index (χ3n) is 2.64. The summed E-state index contributed by atoms with van der Waals surface area (Å²) in [6, 6.07) is 9.54. The minimum Gasteiger partial charge on any atom is -0.496 e. The number of ketones is 1. The van der Waals surface area contributed by atoms with Gasteiger partial charge in [0.25, 0.3) is 0 Å². The number of rotatable bonds is 4. The molecule has 0 unspecified atom stereocenters. The van der Waals surface area contributed by atoms with E-state index in [4.69, 9.17) is 4.74 Å². The summed E-state index contributed by atoms with van der Waals surface area (Å²) in [5.41, 5.74) is 0.633. The Kier molecular flexibility index (Phi) is 4.40. The molecule has 0 spiro atoms. The first-order valence-corrected chi connectivity index (χ1v) is 7.52. The molecule has 0 amide bonds. The van der Waals surface area contributed by atoms with Gasteiger partial charge in [-0.25, -0.2) is 0 Å². The second-order valence-electron chi connectivity index (χ2n) is 3.79. The Labute approximate surface area is 124 Å². The van der Waals surface area contributed by atoms with Gasteiger partial charge in [-0.05, 0) is 59.3 Å². The van der Waals surface area contributed by atoms with Crippen LogP contribution in [0.25, 0.3) is 0 Å². The molecular formula is C14H13IO2S. The molecule has 0 saturated carbocycles. The summed E-state index contributed by atoms with van der Waals surface area (Å²) in [4.78, 5) is 14.4. The third kappa shape index (κ3) is 2.75. The van der Waals surface area contributed by atoms with E-state index in [0.717, 1.165) is 14.9 Å².